The van der Waals surface area contributed by atoms with Crippen LogP contribution in [0.15, 0.2) is 11.4 Å². The van der Waals surface area contributed by atoms with E-state index in [0.29, 0.717) is 11.0 Å². The van der Waals surface area contributed by atoms with E-state index in [4.69, 9.17) is 11.6 Å². The largest absolute Gasteiger partial charge is 0.288 e. The third kappa shape index (κ3) is 2.77. The number of nitrogens with one attached hydrogen (secondary N) is 2. The zero-order chi connectivity index (χ0) is 13.1. The van der Waals surface area contributed by atoms with Gasteiger partial charge in [0.1, 0.15) is 5.82 Å². The molecule has 0 fully saturated rings. The van der Waals surface area contributed by atoms with Crippen LogP contribution < -0.4 is 5.32 Å². The number of aryl methyl sites for hydroxylation is 1. The summed E-state index contributed by atoms with van der Waals surface area (Å²) in [7, 11) is 0. The summed E-state index contributed by atoms with van der Waals surface area (Å²) >= 11 is 7.20. The molecule has 2 aromatic heterocycles. The molecule has 0 aliphatic rings. The van der Waals surface area contributed by atoms with Gasteiger partial charge < -0.3 is 0 Å². The van der Waals surface area contributed by atoms with Gasteiger partial charge in [-0.1, -0.05) is 23.4 Å². The summed E-state index contributed by atoms with van der Waals surface area (Å²) in [5, 5.41) is 9.55. The Morgan fingerprint density at radius 1 is 1.50 bits per heavy atom. The van der Waals surface area contributed by atoms with Gasteiger partial charge in [-0.15, -0.1) is 5.10 Å². The van der Waals surface area contributed by atoms with Gasteiger partial charge in [-0.2, -0.15) is 4.98 Å². The minimum atomic E-state index is -0.475. The number of aromatic nitrogens is 5. The lowest BCUT2D eigenvalue weighted by Crippen LogP contribution is -2.16. The molecule has 2 rings (SSSR count). The summed E-state index contributed by atoms with van der Waals surface area (Å²) < 4.78 is 0. The fourth-order valence-electron chi connectivity index (χ4n) is 1.17. The van der Waals surface area contributed by atoms with Crippen LogP contribution in [0.4, 0.5) is 5.95 Å². The Balaban J connectivity index is 2.23. The van der Waals surface area contributed by atoms with Gasteiger partial charge in [0, 0.05) is 0 Å². The molecule has 2 N–H and O–H groups in total. The van der Waals surface area contributed by atoms with E-state index in [1.807, 2.05) is 6.26 Å². The second-order valence-electron chi connectivity index (χ2n) is 3.25. The fourth-order valence-corrected chi connectivity index (χ4v) is 1.69. The molecule has 1 amide bonds. The molecule has 0 saturated heterocycles. The van der Waals surface area contributed by atoms with E-state index in [1.165, 1.54) is 18.0 Å². The number of hydrogen-bond donors (Lipinski definition) is 2. The number of thioether (sulfide) groups is 1. The summed E-state index contributed by atoms with van der Waals surface area (Å²) in [6.45, 7) is 1.73. The van der Waals surface area contributed by atoms with Crippen molar-refractivity contribution in [2.75, 3.05) is 11.6 Å². The van der Waals surface area contributed by atoms with E-state index in [1.54, 1.807) is 6.92 Å². The average Bonchev–Trinajstić information content (AvgIpc) is 2.75. The Bertz CT molecular complexity index is 586. The summed E-state index contributed by atoms with van der Waals surface area (Å²) in [5.41, 5.74) is 0.0958. The maximum atomic E-state index is 11.9. The first-order valence-corrected chi connectivity index (χ1v) is 6.47. The van der Waals surface area contributed by atoms with Crippen molar-refractivity contribution in [2.45, 2.75) is 12.1 Å². The van der Waals surface area contributed by atoms with Crippen molar-refractivity contribution in [2.24, 2.45) is 0 Å². The number of anilines is 1. The highest BCUT2D eigenvalue weighted by molar-refractivity contribution is 7.98. The van der Waals surface area contributed by atoms with Crippen molar-refractivity contribution in [1.29, 1.82) is 0 Å². The van der Waals surface area contributed by atoms with E-state index in [-0.39, 0.29) is 16.7 Å². The first-order chi connectivity index (χ1) is 8.60. The Kier molecular flexibility index (Phi) is 3.78. The van der Waals surface area contributed by atoms with Crippen molar-refractivity contribution in [3.8, 4) is 0 Å². The number of H-pyrrole nitrogens is 1. The van der Waals surface area contributed by atoms with E-state index in [0.717, 1.165) is 0 Å². The molecule has 0 radical (unpaired) electrons. The number of carbonyl (C=O) groups is 1. The molecule has 0 aliphatic heterocycles. The highest BCUT2D eigenvalue weighted by Gasteiger charge is 2.15. The number of aromatic amines is 1. The first-order valence-electron chi connectivity index (χ1n) is 4.87. The van der Waals surface area contributed by atoms with Crippen LogP contribution >= 0.6 is 23.4 Å². The molecular weight excluding hydrogens is 276 g/mol. The van der Waals surface area contributed by atoms with Crippen molar-refractivity contribution < 1.29 is 4.79 Å². The number of rotatable bonds is 3. The summed E-state index contributed by atoms with van der Waals surface area (Å²) in [6.07, 6.45) is 3.20. The number of nitrogens with zero attached hydrogens (tertiary/aromatic N) is 4. The van der Waals surface area contributed by atoms with Crippen LogP contribution in [0.5, 0.6) is 0 Å². The molecule has 2 heterocycles. The summed E-state index contributed by atoms with van der Waals surface area (Å²) in [4.78, 5) is 23.9. The summed E-state index contributed by atoms with van der Waals surface area (Å²) in [6, 6.07) is 0. The lowest BCUT2D eigenvalue weighted by molar-refractivity contribution is 0.102. The van der Waals surface area contributed by atoms with Crippen LogP contribution in [0.1, 0.15) is 16.3 Å². The zero-order valence-electron chi connectivity index (χ0n) is 9.56. The topological polar surface area (TPSA) is 96.5 Å². The predicted octanol–water partition coefficient (Wildman–Crippen LogP) is 1.53. The molecule has 2 aromatic rings. The Labute approximate surface area is 112 Å². The molecule has 0 spiro atoms. The highest BCUT2D eigenvalue weighted by Crippen LogP contribution is 2.17. The van der Waals surface area contributed by atoms with Crippen LogP contribution in [-0.2, 0) is 0 Å². The molecule has 0 unspecified atom stereocenters. The van der Waals surface area contributed by atoms with Crippen LogP contribution in [0, 0.1) is 6.92 Å². The van der Waals surface area contributed by atoms with E-state index in [2.05, 4.69) is 30.5 Å². The van der Waals surface area contributed by atoms with Crippen molar-refractivity contribution >= 4 is 35.2 Å². The molecule has 0 aliphatic carbocycles. The average molecular weight is 285 g/mol. The van der Waals surface area contributed by atoms with Gasteiger partial charge in [-0.05, 0) is 13.2 Å². The zero-order valence-corrected chi connectivity index (χ0v) is 11.1. The van der Waals surface area contributed by atoms with Gasteiger partial charge in [0.25, 0.3) is 5.91 Å². The number of amides is 1. The number of halogens is 1. The Morgan fingerprint density at radius 3 is 2.89 bits per heavy atom. The molecule has 7 nitrogen and oxygen atoms in total. The smallest absolute Gasteiger partial charge is 0.278 e. The fraction of sp³-hybridized carbons (Fsp3) is 0.222. The standard InChI is InChI=1S/C9H9ClN6OS/c1-4-12-8(16-15-4)14-7(17)6-5(10)3-11-9(13-6)18-2/h3H,1-2H3,(H2,12,14,15,16,17). The Morgan fingerprint density at radius 2 is 2.28 bits per heavy atom. The lowest BCUT2D eigenvalue weighted by Gasteiger charge is -2.03. The van der Waals surface area contributed by atoms with E-state index >= 15 is 0 Å². The second-order valence-corrected chi connectivity index (χ2v) is 4.43. The second kappa shape index (κ2) is 5.32. The van der Waals surface area contributed by atoms with Gasteiger partial charge in [0.05, 0.1) is 11.2 Å². The molecular formula is C9H9ClN6OS. The first kappa shape index (κ1) is 12.8. The third-order valence-electron chi connectivity index (χ3n) is 1.94. The SMILES string of the molecule is CSc1ncc(Cl)c(C(=O)Nc2n[nH]c(C)n2)n1. The molecule has 9 heteroatoms. The van der Waals surface area contributed by atoms with Crippen LogP contribution in [-0.4, -0.2) is 37.3 Å². The van der Waals surface area contributed by atoms with Crippen LogP contribution in [0.25, 0.3) is 0 Å². The van der Waals surface area contributed by atoms with E-state index in [9.17, 15) is 4.79 Å². The molecule has 0 atom stereocenters. The Hall–Kier alpha value is -1.67. The highest BCUT2D eigenvalue weighted by atomic mass is 35.5. The van der Waals surface area contributed by atoms with Crippen molar-refractivity contribution in [1.82, 2.24) is 25.1 Å². The number of hydrogen-bond acceptors (Lipinski definition) is 6. The summed E-state index contributed by atoms with van der Waals surface area (Å²) in [5.74, 6) is 0.304. The van der Waals surface area contributed by atoms with Gasteiger partial charge in [-0.25, -0.2) is 9.97 Å². The van der Waals surface area contributed by atoms with Gasteiger partial charge in [0.2, 0.25) is 5.95 Å². The van der Waals surface area contributed by atoms with Crippen molar-refractivity contribution in [3.05, 3.63) is 22.7 Å². The maximum absolute atomic E-state index is 11.9. The molecule has 0 saturated carbocycles. The minimum absolute atomic E-state index is 0.0958. The molecule has 0 aromatic carbocycles. The van der Waals surface area contributed by atoms with Gasteiger partial charge in [-0.3, -0.25) is 15.2 Å². The lowest BCUT2D eigenvalue weighted by atomic mass is 10.4. The van der Waals surface area contributed by atoms with Gasteiger partial charge in [0.15, 0.2) is 10.9 Å². The van der Waals surface area contributed by atoms with Crippen LogP contribution in [0.3, 0.4) is 0 Å². The maximum Gasteiger partial charge on any atom is 0.278 e. The van der Waals surface area contributed by atoms with Gasteiger partial charge >= 0.3 is 0 Å². The monoisotopic (exact) mass is 284 g/mol. The third-order valence-corrected chi connectivity index (χ3v) is 2.78. The number of carbonyl (C=O) groups excluding carboxylic acids is 1. The molecule has 94 valence electrons. The van der Waals surface area contributed by atoms with E-state index < -0.39 is 5.91 Å². The molecule has 18 heavy (non-hydrogen) atoms. The van der Waals surface area contributed by atoms with Crippen LogP contribution in [0.2, 0.25) is 5.02 Å². The van der Waals surface area contributed by atoms with Crippen molar-refractivity contribution in [3.63, 3.8) is 0 Å². The quantitative estimate of drug-likeness (QED) is 0.655. The normalized spacial score (nSPS) is 10.4. The predicted molar refractivity (Wildman–Crippen MR) is 67.9 cm³/mol. The minimum Gasteiger partial charge on any atom is -0.288 e. The molecule has 0 bridgehead atoms.